The van der Waals surface area contributed by atoms with E-state index >= 15 is 0 Å². The Morgan fingerprint density at radius 3 is 2.78 bits per heavy atom. The molecule has 37 heavy (non-hydrogen) atoms. The molecule has 0 amide bonds. The predicted octanol–water partition coefficient (Wildman–Crippen LogP) is 3.95. The van der Waals surface area contributed by atoms with E-state index in [0.29, 0.717) is 50.3 Å². The Morgan fingerprint density at radius 1 is 1.22 bits per heavy atom. The molecule has 1 atom stereocenters. The summed E-state index contributed by atoms with van der Waals surface area (Å²) in [5.41, 5.74) is 1.14. The maximum Gasteiger partial charge on any atom is 0.355 e. The highest BCUT2D eigenvalue weighted by atomic mass is 16.6. The molecule has 0 radical (unpaired) electrons. The smallest absolute Gasteiger partial charge is 0.355 e. The van der Waals surface area contributed by atoms with Crippen molar-refractivity contribution < 1.29 is 19.2 Å². The standard InChI is InChI=1S/C27H18N4O6/c1-2-27(37-17-6-3-5-15(9-17)12-28)20-11-23-24-16(13-30(23)25(32)19(20)14-36-26(27)33)10-18-21(29-24)7-4-8-22(18)31(34)35/h3-11H,2,13-14H2,1H3/t27-/m0/s1. The molecule has 0 spiro atoms. The number of carbonyl (C=O) groups excluding carboxylic acids is 1. The van der Waals surface area contributed by atoms with E-state index in [4.69, 9.17) is 9.47 Å². The molecule has 0 saturated carbocycles. The van der Waals surface area contributed by atoms with Gasteiger partial charge in [-0.1, -0.05) is 19.1 Å². The van der Waals surface area contributed by atoms with Crippen LogP contribution in [-0.4, -0.2) is 20.4 Å². The number of nitriles is 1. The summed E-state index contributed by atoms with van der Waals surface area (Å²) in [6.45, 7) is 1.74. The van der Waals surface area contributed by atoms with Gasteiger partial charge in [-0.15, -0.1) is 0 Å². The van der Waals surface area contributed by atoms with Gasteiger partial charge in [0.05, 0.1) is 51.0 Å². The van der Waals surface area contributed by atoms with Crippen LogP contribution in [0.5, 0.6) is 5.75 Å². The van der Waals surface area contributed by atoms with E-state index in [2.05, 4.69) is 4.98 Å². The fourth-order valence-corrected chi connectivity index (χ4v) is 5.13. The summed E-state index contributed by atoms with van der Waals surface area (Å²) in [4.78, 5) is 42.6. The molecule has 2 aliphatic heterocycles. The summed E-state index contributed by atoms with van der Waals surface area (Å²) in [6.07, 6.45) is 0.169. The molecule has 10 nitrogen and oxygen atoms in total. The Hall–Kier alpha value is -5.04. The molecule has 0 saturated heterocycles. The summed E-state index contributed by atoms with van der Waals surface area (Å²) in [6, 6.07) is 16.6. The lowest BCUT2D eigenvalue weighted by Gasteiger charge is -2.36. The molecular weight excluding hydrogens is 476 g/mol. The number of esters is 1. The molecular formula is C27H18N4O6. The fraction of sp³-hybridized carbons (Fsp3) is 0.185. The van der Waals surface area contributed by atoms with Crippen molar-refractivity contribution in [3.8, 4) is 23.2 Å². The van der Waals surface area contributed by atoms with Crippen LogP contribution in [0.1, 0.15) is 35.6 Å². The number of aromatic nitrogens is 2. The molecule has 0 fully saturated rings. The molecule has 4 aromatic rings. The van der Waals surface area contributed by atoms with Gasteiger partial charge in [-0.05, 0) is 42.8 Å². The lowest BCUT2D eigenvalue weighted by molar-refractivity contribution is -0.383. The Labute approximate surface area is 209 Å². The van der Waals surface area contributed by atoms with E-state index in [0.717, 1.165) is 0 Å². The number of nitro benzene ring substituents is 1. The van der Waals surface area contributed by atoms with Crippen LogP contribution in [0.3, 0.4) is 0 Å². The number of hydrogen-bond acceptors (Lipinski definition) is 8. The van der Waals surface area contributed by atoms with Gasteiger partial charge in [-0.3, -0.25) is 14.9 Å². The monoisotopic (exact) mass is 494 g/mol. The number of hydrogen-bond donors (Lipinski definition) is 0. The van der Waals surface area contributed by atoms with Crippen LogP contribution >= 0.6 is 0 Å². The Balaban J connectivity index is 1.56. The third-order valence-corrected chi connectivity index (χ3v) is 6.95. The maximum absolute atomic E-state index is 13.6. The lowest BCUT2D eigenvalue weighted by Crippen LogP contribution is -2.48. The van der Waals surface area contributed by atoms with Crippen molar-refractivity contribution >= 4 is 22.6 Å². The van der Waals surface area contributed by atoms with Gasteiger partial charge in [0.25, 0.3) is 11.2 Å². The van der Waals surface area contributed by atoms with Gasteiger partial charge >= 0.3 is 5.97 Å². The first-order chi connectivity index (χ1) is 17.9. The average Bonchev–Trinajstić information content (AvgIpc) is 3.26. The van der Waals surface area contributed by atoms with Crippen molar-refractivity contribution in [3.63, 3.8) is 0 Å². The van der Waals surface area contributed by atoms with Gasteiger partial charge in [-0.25, -0.2) is 9.78 Å². The van der Waals surface area contributed by atoms with Gasteiger partial charge in [-0.2, -0.15) is 5.26 Å². The first kappa shape index (κ1) is 22.4. The van der Waals surface area contributed by atoms with Gasteiger partial charge < -0.3 is 14.0 Å². The molecule has 182 valence electrons. The van der Waals surface area contributed by atoms with Crippen LogP contribution in [0.25, 0.3) is 22.3 Å². The molecule has 0 N–H and O–H groups in total. The number of pyridine rings is 2. The van der Waals surface area contributed by atoms with Crippen molar-refractivity contribution in [3.05, 3.63) is 97.3 Å². The average molecular weight is 494 g/mol. The van der Waals surface area contributed by atoms with Crippen molar-refractivity contribution in [2.24, 2.45) is 0 Å². The minimum atomic E-state index is -1.60. The number of non-ortho nitro benzene ring substituents is 1. The molecule has 0 unspecified atom stereocenters. The van der Waals surface area contributed by atoms with E-state index in [9.17, 15) is 25.0 Å². The molecule has 0 aliphatic carbocycles. The topological polar surface area (TPSA) is 137 Å². The van der Waals surface area contributed by atoms with E-state index in [1.54, 1.807) is 49.4 Å². The number of benzene rings is 2. The third-order valence-electron chi connectivity index (χ3n) is 6.95. The van der Waals surface area contributed by atoms with E-state index < -0.39 is 16.5 Å². The van der Waals surface area contributed by atoms with Crippen molar-refractivity contribution in [1.29, 1.82) is 5.26 Å². The Kier molecular flexibility index (Phi) is 4.85. The number of cyclic esters (lactones) is 1. The van der Waals surface area contributed by atoms with E-state index in [-0.39, 0.29) is 30.8 Å². The minimum Gasteiger partial charge on any atom is -0.471 e. The quantitative estimate of drug-likeness (QED) is 0.208. The Morgan fingerprint density at radius 2 is 2.03 bits per heavy atom. The van der Waals surface area contributed by atoms with Gasteiger partial charge in [0.2, 0.25) is 5.60 Å². The van der Waals surface area contributed by atoms with Crippen LogP contribution in [0, 0.1) is 21.4 Å². The van der Waals surface area contributed by atoms with Crippen molar-refractivity contribution in [2.45, 2.75) is 32.1 Å². The van der Waals surface area contributed by atoms with E-state index in [1.807, 2.05) is 6.07 Å². The number of fused-ring (bicyclic) bond motifs is 5. The lowest BCUT2D eigenvalue weighted by atomic mass is 9.85. The molecule has 2 aliphatic rings. The highest BCUT2D eigenvalue weighted by molar-refractivity contribution is 5.91. The zero-order valence-electron chi connectivity index (χ0n) is 19.6. The summed E-state index contributed by atoms with van der Waals surface area (Å²) in [7, 11) is 0. The van der Waals surface area contributed by atoms with Crippen LogP contribution in [0.4, 0.5) is 5.69 Å². The highest BCUT2D eigenvalue weighted by Gasteiger charge is 2.49. The molecule has 4 heterocycles. The minimum absolute atomic E-state index is 0.0626. The van der Waals surface area contributed by atoms with Gasteiger partial charge in [0.15, 0.2) is 0 Å². The van der Waals surface area contributed by atoms with Crippen LogP contribution in [0.15, 0.2) is 59.4 Å². The molecule has 2 aromatic heterocycles. The molecule has 0 bridgehead atoms. The maximum atomic E-state index is 13.6. The third kappa shape index (κ3) is 3.21. The SMILES string of the molecule is CC[C@@]1(Oc2cccc(C#N)c2)C(=O)OCc2c1cc1n(c2=O)Cc2cc3c([N+](=O)[O-])cccc3nc2-1. The number of ether oxygens (including phenoxy) is 2. The second-order valence-corrected chi connectivity index (χ2v) is 8.91. The second kappa shape index (κ2) is 7.99. The molecule has 10 heteroatoms. The summed E-state index contributed by atoms with van der Waals surface area (Å²) in [5, 5.41) is 21.2. The fourth-order valence-electron chi connectivity index (χ4n) is 5.13. The van der Waals surface area contributed by atoms with Crippen molar-refractivity contribution in [1.82, 2.24) is 9.55 Å². The van der Waals surface area contributed by atoms with Gasteiger partial charge in [0, 0.05) is 17.2 Å². The number of carbonyl (C=O) groups is 1. The molecule has 2 aromatic carbocycles. The van der Waals surface area contributed by atoms with E-state index in [1.165, 1.54) is 16.7 Å². The predicted molar refractivity (Wildman–Crippen MR) is 131 cm³/mol. The molecule has 6 rings (SSSR count). The zero-order chi connectivity index (χ0) is 25.9. The largest absolute Gasteiger partial charge is 0.471 e. The number of rotatable bonds is 4. The van der Waals surface area contributed by atoms with Crippen LogP contribution in [0.2, 0.25) is 0 Å². The summed E-state index contributed by atoms with van der Waals surface area (Å²) < 4.78 is 13.2. The zero-order valence-corrected chi connectivity index (χ0v) is 19.6. The second-order valence-electron chi connectivity index (χ2n) is 8.91. The normalized spacial score (nSPS) is 17.4. The summed E-state index contributed by atoms with van der Waals surface area (Å²) in [5.74, 6) is -0.336. The van der Waals surface area contributed by atoms with Crippen molar-refractivity contribution in [2.75, 3.05) is 0 Å². The van der Waals surface area contributed by atoms with Gasteiger partial charge in [0.1, 0.15) is 12.4 Å². The first-order valence-electron chi connectivity index (χ1n) is 11.6. The summed E-state index contributed by atoms with van der Waals surface area (Å²) >= 11 is 0. The highest BCUT2D eigenvalue weighted by Crippen LogP contribution is 2.42. The first-order valence-corrected chi connectivity index (χ1v) is 11.6. The number of nitrogens with zero attached hydrogens (tertiary/aromatic N) is 4. The van der Waals surface area contributed by atoms with Crippen LogP contribution < -0.4 is 10.3 Å². The van der Waals surface area contributed by atoms with Crippen LogP contribution in [-0.2, 0) is 28.3 Å². The Bertz CT molecular complexity index is 1770. The number of nitro groups is 1.